The topological polar surface area (TPSA) is 92.8 Å². The van der Waals surface area contributed by atoms with E-state index in [2.05, 4.69) is 5.32 Å². The molecule has 29 heavy (non-hydrogen) atoms. The number of sulfonamides is 1. The Morgan fingerprint density at radius 2 is 1.59 bits per heavy atom. The molecular weight excluding hydrogens is 392 g/mol. The fraction of sp³-hybridized carbons (Fsp3) is 0.333. The molecule has 0 unspecified atom stereocenters. The maximum atomic E-state index is 12.6. The molecule has 8 heteroatoms. The Hall–Kier alpha value is -2.71. The van der Waals surface area contributed by atoms with Gasteiger partial charge in [-0.1, -0.05) is 38.1 Å². The van der Waals surface area contributed by atoms with E-state index >= 15 is 0 Å². The molecule has 0 fully saturated rings. The average Bonchev–Trinajstić information content (AvgIpc) is 2.70. The number of hydrogen-bond donors (Lipinski definition) is 1. The van der Waals surface area contributed by atoms with Crippen LogP contribution in [0.2, 0.25) is 0 Å². The van der Waals surface area contributed by atoms with E-state index in [9.17, 15) is 18.0 Å². The minimum absolute atomic E-state index is 0.00985. The summed E-state index contributed by atoms with van der Waals surface area (Å²) in [6.45, 7) is 7.41. The van der Waals surface area contributed by atoms with Crippen molar-refractivity contribution in [2.45, 2.75) is 32.6 Å². The number of carbonyl (C=O) groups excluding carboxylic acids is 2. The third-order valence-electron chi connectivity index (χ3n) is 4.49. The van der Waals surface area contributed by atoms with E-state index in [1.165, 1.54) is 28.6 Å². The molecule has 2 rings (SSSR count). The Balaban J connectivity index is 2.07. The summed E-state index contributed by atoms with van der Waals surface area (Å²) < 4.78 is 31.6. The van der Waals surface area contributed by atoms with E-state index in [4.69, 9.17) is 4.74 Å². The molecule has 0 radical (unpaired) electrons. The van der Waals surface area contributed by atoms with Crippen LogP contribution in [0.15, 0.2) is 47.4 Å². The van der Waals surface area contributed by atoms with Crippen molar-refractivity contribution in [1.82, 2.24) is 4.31 Å². The lowest BCUT2D eigenvalue weighted by Gasteiger charge is -2.18. The number of hydrogen-bond acceptors (Lipinski definition) is 5. The zero-order valence-electron chi connectivity index (χ0n) is 17.1. The first-order valence-electron chi connectivity index (χ1n) is 9.34. The van der Waals surface area contributed by atoms with Crippen LogP contribution in [0.5, 0.6) is 0 Å². The molecule has 0 saturated carbocycles. The molecule has 0 heterocycles. The summed E-state index contributed by atoms with van der Waals surface area (Å²) in [5, 5.41) is 2.73. The molecular formula is C21H26N2O5S. The summed E-state index contributed by atoms with van der Waals surface area (Å²) in [4.78, 5) is 24.5. The lowest BCUT2D eigenvalue weighted by Crippen LogP contribution is -2.30. The molecule has 2 aromatic rings. The third-order valence-corrected chi connectivity index (χ3v) is 6.54. The zero-order valence-corrected chi connectivity index (χ0v) is 17.9. The van der Waals surface area contributed by atoms with Gasteiger partial charge in [0, 0.05) is 18.8 Å². The molecule has 0 aliphatic heterocycles. The second kappa shape index (κ2) is 9.67. The molecule has 0 spiro atoms. The molecule has 1 amide bonds. The highest BCUT2D eigenvalue weighted by Gasteiger charge is 2.23. The number of carbonyl (C=O) groups is 2. The van der Waals surface area contributed by atoms with Crippen LogP contribution >= 0.6 is 0 Å². The predicted octanol–water partition coefficient (Wildman–Crippen LogP) is 3.13. The lowest BCUT2D eigenvalue weighted by atomic mass is 10.1. The van der Waals surface area contributed by atoms with E-state index in [0.29, 0.717) is 18.8 Å². The van der Waals surface area contributed by atoms with Crippen LogP contribution < -0.4 is 5.32 Å². The normalized spacial score (nSPS) is 11.3. The summed E-state index contributed by atoms with van der Waals surface area (Å²) in [5.41, 5.74) is 2.55. The van der Waals surface area contributed by atoms with Crippen molar-refractivity contribution in [1.29, 1.82) is 0 Å². The van der Waals surface area contributed by atoms with E-state index in [-0.39, 0.29) is 10.5 Å². The number of para-hydroxylation sites is 1. The van der Waals surface area contributed by atoms with Gasteiger partial charge in [0.2, 0.25) is 10.0 Å². The van der Waals surface area contributed by atoms with Gasteiger partial charge in [-0.15, -0.1) is 0 Å². The van der Waals surface area contributed by atoms with Gasteiger partial charge < -0.3 is 10.1 Å². The highest BCUT2D eigenvalue weighted by atomic mass is 32.2. The Kier molecular flexibility index (Phi) is 7.53. The standard InChI is InChI=1S/C21H26N2O5S/c1-5-23(6-2)29(26,27)18-12-8-11-17(13-18)21(25)28-14-19(24)22-20-15(3)9-7-10-16(20)4/h7-13H,5-6,14H2,1-4H3,(H,22,24). The lowest BCUT2D eigenvalue weighted by molar-refractivity contribution is -0.119. The van der Waals surface area contributed by atoms with Crippen molar-refractivity contribution in [3.05, 3.63) is 59.2 Å². The third kappa shape index (κ3) is 5.42. The number of aryl methyl sites for hydroxylation is 2. The van der Waals surface area contributed by atoms with E-state index in [0.717, 1.165) is 11.1 Å². The van der Waals surface area contributed by atoms with Gasteiger partial charge >= 0.3 is 5.97 Å². The van der Waals surface area contributed by atoms with Gasteiger partial charge in [-0.3, -0.25) is 4.79 Å². The first kappa shape index (κ1) is 22.6. The second-order valence-electron chi connectivity index (χ2n) is 6.51. The average molecular weight is 419 g/mol. The molecule has 0 aliphatic rings. The van der Waals surface area contributed by atoms with Gasteiger partial charge in [0.15, 0.2) is 6.61 Å². The van der Waals surface area contributed by atoms with Crippen LogP contribution in [0.3, 0.4) is 0 Å². The molecule has 156 valence electrons. The van der Waals surface area contributed by atoms with Crippen molar-refractivity contribution in [2.24, 2.45) is 0 Å². The minimum Gasteiger partial charge on any atom is -0.452 e. The molecule has 0 atom stereocenters. The van der Waals surface area contributed by atoms with E-state index in [1.807, 2.05) is 32.0 Å². The van der Waals surface area contributed by atoms with Crippen molar-refractivity contribution < 1.29 is 22.7 Å². The van der Waals surface area contributed by atoms with Gasteiger partial charge in [-0.25, -0.2) is 13.2 Å². The largest absolute Gasteiger partial charge is 0.452 e. The van der Waals surface area contributed by atoms with Crippen LogP contribution in [0.4, 0.5) is 5.69 Å². The Morgan fingerprint density at radius 3 is 2.17 bits per heavy atom. The Morgan fingerprint density at radius 1 is 1.00 bits per heavy atom. The second-order valence-corrected chi connectivity index (χ2v) is 8.45. The summed E-state index contributed by atoms with van der Waals surface area (Å²) >= 11 is 0. The summed E-state index contributed by atoms with van der Waals surface area (Å²) in [6, 6.07) is 11.3. The smallest absolute Gasteiger partial charge is 0.338 e. The number of amides is 1. The first-order chi connectivity index (χ1) is 13.7. The molecule has 0 aliphatic carbocycles. The number of nitrogens with one attached hydrogen (secondary N) is 1. The number of benzene rings is 2. The van der Waals surface area contributed by atoms with Crippen LogP contribution in [0.25, 0.3) is 0 Å². The predicted molar refractivity (Wildman–Crippen MR) is 111 cm³/mol. The highest BCUT2D eigenvalue weighted by Crippen LogP contribution is 2.20. The Labute approximate surface area is 171 Å². The Bertz CT molecular complexity index is 978. The molecule has 0 bridgehead atoms. The number of nitrogens with zero attached hydrogens (tertiary/aromatic N) is 1. The number of anilines is 1. The van der Waals surface area contributed by atoms with Crippen LogP contribution in [0.1, 0.15) is 35.3 Å². The molecule has 7 nitrogen and oxygen atoms in total. The van der Waals surface area contributed by atoms with Crippen molar-refractivity contribution in [2.75, 3.05) is 25.0 Å². The monoisotopic (exact) mass is 418 g/mol. The van der Waals surface area contributed by atoms with Crippen molar-refractivity contribution in [3.63, 3.8) is 0 Å². The van der Waals surface area contributed by atoms with E-state index in [1.54, 1.807) is 13.8 Å². The quantitative estimate of drug-likeness (QED) is 0.665. The molecule has 1 N–H and O–H groups in total. The minimum atomic E-state index is -3.69. The zero-order chi connectivity index (χ0) is 21.6. The van der Waals surface area contributed by atoms with Crippen LogP contribution in [0, 0.1) is 13.8 Å². The van der Waals surface area contributed by atoms with Crippen LogP contribution in [-0.4, -0.2) is 44.3 Å². The highest BCUT2D eigenvalue weighted by molar-refractivity contribution is 7.89. The number of ether oxygens (including phenoxy) is 1. The van der Waals surface area contributed by atoms with Gasteiger partial charge in [0.25, 0.3) is 5.91 Å². The van der Waals surface area contributed by atoms with Gasteiger partial charge in [-0.2, -0.15) is 4.31 Å². The molecule has 2 aromatic carbocycles. The van der Waals surface area contributed by atoms with Crippen LogP contribution in [-0.2, 0) is 19.6 Å². The molecule has 0 aromatic heterocycles. The number of esters is 1. The van der Waals surface area contributed by atoms with Gasteiger partial charge in [0.05, 0.1) is 10.5 Å². The fourth-order valence-corrected chi connectivity index (χ4v) is 4.40. The summed E-state index contributed by atoms with van der Waals surface area (Å²) in [5.74, 6) is -1.24. The van der Waals surface area contributed by atoms with Gasteiger partial charge in [-0.05, 0) is 43.2 Å². The van der Waals surface area contributed by atoms with Crippen molar-refractivity contribution in [3.8, 4) is 0 Å². The fourth-order valence-electron chi connectivity index (χ4n) is 2.90. The summed E-state index contributed by atoms with van der Waals surface area (Å²) in [6.07, 6.45) is 0. The first-order valence-corrected chi connectivity index (χ1v) is 10.8. The maximum Gasteiger partial charge on any atom is 0.338 e. The van der Waals surface area contributed by atoms with Crippen molar-refractivity contribution >= 4 is 27.6 Å². The summed E-state index contributed by atoms with van der Waals surface area (Å²) in [7, 11) is -3.69. The maximum absolute atomic E-state index is 12.6. The SMILES string of the molecule is CCN(CC)S(=O)(=O)c1cccc(C(=O)OCC(=O)Nc2c(C)cccc2C)c1. The van der Waals surface area contributed by atoms with E-state index < -0.39 is 28.5 Å². The number of rotatable bonds is 8. The van der Waals surface area contributed by atoms with Gasteiger partial charge in [0.1, 0.15) is 0 Å². The molecule has 0 saturated heterocycles.